The predicted molar refractivity (Wildman–Crippen MR) is 97.6 cm³/mol. The van der Waals surface area contributed by atoms with Crippen LogP contribution in [0.25, 0.3) is 10.8 Å². The maximum Gasteiger partial charge on any atom is 0.233 e. The Kier molecular flexibility index (Phi) is 4.64. The number of carbonyl (C=O) groups excluding carboxylic acids is 2. The average Bonchev–Trinajstić information content (AvgIpc) is 2.91. The van der Waals surface area contributed by atoms with Gasteiger partial charge in [0.05, 0.1) is 18.4 Å². The minimum absolute atomic E-state index is 0.00936. The van der Waals surface area contributed by atoms with E-state index in [1.54, 1.807) is 0 Å². The maximum absolute atomic E-state index is 12.5. The highest BCUT2D eigenvalue weighted by Crippen LogP contribution is 2.38. The first-order chi connectivity index (χ1) is 12.6. The zero-order valence-electron chi connectivity index (χ0n) is 14.6. The molecule has 4 rings (SSSR count). The second-order valence-corrected chi connectivity index (χ2v) is 7.23. The lowest BCUT2D eigenvalue weighted by Crippen LogP contribution is -2.40. The Bertz CT molecular complexity index is 804. The van der Waals surface area contributed by atoms with Crippen LogP contribution in [0.1, 0.15) is 25.7 Å². The smallest absolute Gasteiger partial charge is 0.233 e. The number of hydrogen-bond donors (Lipinski definition) is 1. The van der Waals surface area contributed by atoms with Gasteiger partial charge in [0.1, 0.15) is 18.5 Å². The zero-order valence-corrected chi connectivity index (χ0v) is 14.6. The Balaban J connectivity index is 1.40. The van der Waals surface area contributed by atoms with Crippen LogP contribution in [0.15, 0.2) is 42.5 Å². The van der Waals surface area contributed by atoms with Gasteiger partial charge in [0, 0.05) is 5.39 Å². The molecule has 2 aromatic rings. The first-order valence-corrected chi connectivity index (χ1v) is 9.29. The van der Waals surface area contributed by atoms with Crippen molar-refractivity contribution in [1.82, 2.24) is 4.90 Å². The largest absolute Gasteiger partial charge is 0.490 e. The molecule has 1 heterocycles. The van der Waals surface area contributed by atoms with Gasteiger partial charge in [-0.25, -0.2) is 0 Å². The lowest BCUT2D eigenvalue weighted by Gasteiger charge is -2.20. The van der Waals surface area contributed by atoms with E-state index in [-0.39, 0.29) is 36.8 Å². The van der Waals surface area contributed by atoms with Gasteiger partial charge in [0.25, 0.3) is 0 Å². The van der Waals surface area contributed by atoms with Crippen LogP contribution in [0.5, 0.6) is 5.75 Å². The van der Waals surface area contributed by atoms with Gasteiger partial charge in [-0.15, -0.1) is 0 Å². The van der Waals surface area contributed by atoms with Crippen LogP contribution >= 0.6 is 0 Å². The minimum atomic E-state index is -0.901. The molecular weight excluding hydrogens is 330 g/mol. The van der Waals surface area contributed by atoms with Crippen molar-refractivity contribution >= 4 is 22.6 Å². The Morgan fingerprint density at radius 1 is 1.00 bits per heavy atom. The summed E-state index contributed by atoms with van der Waals surface area (Å²) in [6.07, 6.45) is 2.67. The highest BCUT2D eigenvalue weighted by atomic mass is 16.5. The van der Waals surface area contributed by atoms with Gasteiger partial charge in [-0.1, -0.05) is 49.2 Å². The molecule has 1 aliphatic carbocycles. The number of fused-ring (bicyclic) bond motifs is 2. The number of ether oxygens (including phenoxy) is 1. The predicted octanol–water partition coefficient (Wildman–Crippen LogP) is 2.75. The summed E-state index contributed by atoms with van der Waals surface area (Å²) >= 11 is 0. The molecule has 5 nitrogen and oxygen atoms in total. The van der Waals surface area contributed by atoms with E-state index in [1.165, 1.54) is 4.90 Å². The summed E-state index contributed by atoms with van der Waals surface area (Å²) < 4.78 is 5.78. The molecule has 3 atom stereocenters. The van der Waals surface area contributed by atoms with Crippen LogP contribution in [0.3, 0.4) is 0 Å². The van der Waals surface area contributed by atoms with Crippen molar-refractivity contribution in [3.05, 3.63) is 42.5 Å². The number of hydrogen-bond acceptors (Lipinski definition) is 4. The summed E-state index contributed by atoms with van der Waals surface area (Å²) in [7, 11) is 0. The third kappa shape index (κ3) is 3.07. The Morgan fingerprint density at radius 3 is 2.38 bits per heavy atom. The van der Waals surface area contributed by atoms with Gasteiger partial charge in [-0.05, 0) is 24.3 Å². The molecule has 0 aromatic heterocycles. The Morgan fingerprint density at radius 2 is 1.65 bits per heavy atom. The summed E-state index contributed by atoms with van der Waals surface area (Å²) in [5.41, 5.74) is 0. The van der Waals surface area contributed by atoms with E-state index >= 15 is 0 Å². The highest BCUT2D eigenvalue weighted by Gasteiger charge is 2.48. The lowest BCUT2D eigenvalue weighted by molar-refractivity contribution is -0.141. The first-order valence-electron chi connectivity index (χ1n) is 9.29. The molecule has 2 aliphatic rings. The normalized spacial score (nSPS) is 24.0. The summed E-state index contributed by atoms with van der Waals surface area (Å²) in [5, 5.41) is 12.4. The van der Waals surface area contributed by atoms with Crippen molar-refractivity contribution in [3.8, 4) is 5.75 Å². The quantitative estimate of drug-likeness (QED) is 0.840. The molecule has 136 valence electrons. The molecule has 1 aliphatic heterocycles. The van der Waals surface area contributed by atoms with Crippen LogP contribution in [0, 0.1) is 11.8 Å². The van der Waals surface area contributed by atoms with Gasteiger partial charge in [0.2, 0.25) is 11.8 Å². The second kappa shape index (κ2) is 7.08. The van der Waals surface area contributed by atoms with Crippen molar-refractivity contribution in [1.29, 1.82) is 0 Å². The molecular formula is C21H23NO4. The number of likely N-dealkylation sites (tertiary alicyclic amines) is 1. The fourth-order valence-electron chi connectivity index (χ4n) is 4.18. The molecule has 2 aromatic carbocycles. The van der Waals surface area contributed by atoms with Crippen molar-refractivity contribution in [2.45, 2.75) is 31.8 Å². The third-order valence-electron chi connectivity index (χ3n) is 5.51. The monoisotopic (exact) mass is 353 g/mol. The fourth-order valence-corrected chi connectivity index (χ4v) is 4.18. The van der Waals surface area contributed by atoms with E-state index < -0.39 is 6.10 Å². The molecule has 5 heteroatoms. The molecule has 0 bridgehead atoms. The van der Waals surface area contributed by atoms with Gasteiger partial charge in [-0.3, -0.25) is 14.5 Å². The van der Waals surface area contributed by atoms with Gasteiger partial charge in [0.15, 0.2) is 0 Å². The van der Waals surface area contributed by atoms with Crippen LogP contribution in [-0.4, -0.2) is 41.1 Å². The fraction of sp³-hybridized carbons (Fsp3) is 0.429. The summed E-state index contributed by atoms with van der Waals surface area (Å²) in [4.78, 5) is 26.2. The standard InChI is InChI=1S/C21H23NO4/c23-15(12-22-20(24)17-9-3-4-10-18(17)21(22)25)13-26-19-11-5-7-14-6-1-2-8-16(14)19/h1-2,5-8,11,15,17-18,23H,3-4,9-10,12-13H2. The highest BCUT2D eigenvalue weighted by molar-refractivity contribution is 6.05. The van der Waals surface area contributed by atoms with Crippen LogP contribution in [0.4, 0.5) is 0 Å². The number of imide groups is 1. The first kappa shape index (κ1) is 17.0. The molecule has 3 unspecified atom stereocenters. The number of carbonyl (C=O) groups is 2. The van der Waals surface area contributed by atoms with E-state index in [4.69, 9.17) is 4.74 Å². The van der Waals surface area contributed by atoms with E-state index in [1.807, 2.05) is 42.5 Å². The number of β-amino-alcohol motifs (C(OH)–C–C–N with tert-alkyl or cyclic N) is 1. The topological polar surface area (TPSA) is 66.8 Å². The SMILES string of the molecule is O=C1C2CCCCC2C(=O)N1CC(O)COc1cccc2ccccc12. The van der Waals surface area contributed by atoms with Gasteiger partial charge in [-0.2, -0.15) is 0 Å². The number of nitrogens with zero attached hydrogens (tertiary/aromatic N) is 1. The molecule has 1 saturated carbocycles. The summed E-state index contributed by atoms with van der Waals surface area (Å²) in [5.74, 6) is 0.0904. The molecule has 2 amide bonds. The molecule has 1 N–H and O–H groups in total. The van der Waals surface area contributed by atoms with E-state index in [0.29, 0.717) is 5.75 Å². The molecule has 0 spiro atoms. The van der Waals surface area contributed by atoms with Crippen molar-refractivity contribution in [2.75, 3.05) is 13.2 Å². The maximum atomic E-state index is 12.5. The van der Waals surface area contributed by atoms with Gasteiger partial charge < -0.3 is 9.84 Å². The number of aliphatic hydroxyl groups is 1. The number of amides is 2. The van der Waals surface area contributed by atoms with Crippen molar-refractivity contribution in [3.63, 3.8) is 0 Å². The van der Waals surface area contributed by atoms with Gasteiger partial charge >= 0.3 is 0 Å². The lowest BCUT2D eigenvalue weighted by atomic mass is 9.81. The van der Waals surface area contributed by atoms with E-state index in [0.717, 1.165) is 36.5 Å². The van der Waals surface area contributed by atoms with Crippen molar-refractivity contribution in [2.24, 2.45) is 11.8 Å². The third-order valence-corrected chi connectivity index (χ3v) is 5.51. The summed E-state index contributed by atoms with van der Waals surface area (Å²) in [6.45, 7) is 0.0514. The Hall–Kier alpha value is -2.40. The van der Waals surface area contributed by atoms with Crippen LogP contribution < -0.4 is 4.74 Å². The second-order valence-electron chi connectivity index (χ2n) is 7.23. The average molecular weight is 353 g/mol. The van der Waals surface area contributed by atoms with Crippen LogP contribution in [-0.2, 0) is 9.59 Å². The molecule has 26 heavy (non-hydrogen) atoms. The molecule has 1 saturated heterocycles. The molecule has 0 radical (unpaired) electrons. The van der Waals surface area contributed by atoms with Crippen LogP contribution in [0.2, 0.25) is 0 Å². The van der Waals surface area contributed by atoms with Crippen molar-refractivity contribution < 1.29 is 19.4 Å². The summed E-state index contributed by atoms with van der Waals surface area (Å²) in [6, 6.07) is 13.6. The Labute approximate surface area is 152 Å². The van der Waals surface area contributed by atoms with E-state index in [2.05, 4.69) is 0 Å². The zero-order chi connectivity index (χ0) is 18.1. The molecule has 2 fully saturated rings. The van der Waals surface area contributed by atoms with E-state index in [9.17, 15) is 14.7 Å². The number of aliphatic hydroxyl groups excluding tert-OH is 1. The number of rotatable bonds is 5. The number of benzene rings is 2. The minimum Gasteiger partial charge on any atom is -0.490 e.